The summed E-state index contributed by atoms with van der Waals surface area (Å²) in [6.07, 6.45) is 3.48. The molecule has 0 atom stereocenters. The van der Waals surface area contributed by atoms with Crippen molar-refractivity contribution in [2.24, 2.45) is 5.11 Å². The van der Waals surface area contributed by atoms with Crippen LogP contribution in [-0.2, 0) is 31.9 Å². The summed E-state index contributed by atoms with van der Waals surface area (Å²) in [6, 6.07) is 10.3. The van der Waals surface area contributed by atoms with Gasteiger partial charge in [0.05, 0.1) is 51.9 Å². The largest absolute Gasteiger partial charge is 0.508 e. The van der Waals surface area contributed by atoms with Crippen LogP contribution in [0.5, 0.6) is 5.75 Å². The van der Waals surface area contributed by atoms with Crippen LogP contribution >= 0.6 is 0 Å². The SMILES string of the molecule is CCc1c(-c2ccc(C(=O)NCCOCCOCCOCCN=[N+]=[N-])nc2)cnc(CNC(=O)OC(C)(C)C)c1-c1ccc(O)cc1. The Morgan fingerprint density at radius 3 is 2.17 bits per heavy atom. The second-order valence-electron chi connectivity index (χ2n) is 11.2. The second kappa shape index (κ2) is 19.0. The molecule has 0 unspecified atom stereocenters. The molecule has 0 saturated heterocycles. The fourth-order valence-corrected chi connectivity index (χ4v) is 4.49. The van der Waals surface area contributed by atoms with Gasteiger partial charge in [0.15, 0.2) is 0 Å². The molecule has 0 bridgehead atoms. The predicted molar refractivity (Wildman–Crippen MR) is 176 cm³/mol. The maximum absolute atomic E-state index is 12.7. The fourth-order valence-electron chi connectivity index (χ4n) is 4.49. The van der Waals surface area contributed by atoms with Crippen molar-refractivity contribution in [2.75, 3.05) is 52.7 Å². The Bertz CT molecular complexity index is 1490. The molecular weight excluding hydrogens is 606 g/mol. The Morgan fingerprint density at radius 2 is 1.55 bits per heavy atom. The van der Waals surface area contributed by atoms with Crippen molar-refractivity contribution in [3.8, 4) is 28.0 Å². The van der Waals surface area contributed by atoms with Gasteiger partial charge in [-0.25, -0.2) is 4.79 Å². The van der Waals surface area contributed by atoms with E-state index in [-0.39, 0.29) is 30.4 Å². The maximum atomic E-state index is 12.7. The molecule has 3 aromatic rings. The molecular formula is C33H43N7O7. The number of ether oxygens (including phenoxy) is 4. The Hall–Kier alpha value is -4.75. The molecule has 2 amide bonds. The molecule has 2 aromatic heterocycles. The Kier molecular flexibility index (Phi) is 14.9. The number of nitrogens with zero attached hydrogens (tertiary/aromatic N) is 5. The molecule has 14 nitrogen and oxygen atoms in total. The van der Waals surface area contributed by atoms with Crippen LogP contribution in [0.25, 0.3) is 32.7 Å². The van der Waals surface area contributed by atoms with Crippen molar-refractivity contribution in [1.29, 1.82) is 0 Å². The van der Waals surface area contributed by atoms with Crippen LogP contribution in [0.4, 0.5) is 4.79 Å². The zero-order chi connectivity index (χ0) is 34.1. The van der Waals surface area contributed by atoms with Crippen LogP contribution in [0.1, 0.15) is 49.4 Å². The van der Waals surface area contributed by atoms with E-state index in [2.05, 4.69) is 25.6 Å². The Balaban J connectivity index is 1.60. The molecule has 0 aliphatic heterocycles. The Labute approximate surface area is 274 Å². The number of aromatic nitrogens is 2. The number of alkyl carbamates (subject to hydrolysis) is 1. The molecule has 0 aliphatic rings. The minimum Gasteiger partial charge on any atom is -0.508 e. The van der Waals surface area contributed by atoms with Gasteiger partial charge in [-0.15, -0.1) is 0 Å². The van der Waals surface area contributed by atoms with Crippen molar-refractivity contribution >= 4 is 12.0 Å². The van der Waals surface area contributed by atoms with Gasteiger partial charge in [0.1, 0.15) is 17.0 Å². The third kappa shape index (κ3) is 12.5. The lowest BCUT2D eigenvalue weighted by atomic mass is 9.90. The van der Waals surface area contributed by atoms with Gasteiger partial charge in [0, 0.05) is 47.1 Å². The van der Waals surface area contributed by atoms with Crippen molar-refractivity contribution in [3.63, 3.8) is 0 Å². The van der Waals surface area contributed by atoms with E-state index >= 15 is 0 Å². The average molecular weight is 650 g/mol. The number of phenols is 1. The minimum absolute atomic E-state index is 0.140. The number of azide groups is 1. The third-order valence-corrected chi connectivity index (χ3v) is 6.56. The normalized spacial score (nSPS) is 11.1. The van der Waals surface area contributed by atoms with Crippen molar-refractivity contribution in [1.82, 2.24) is 20.6 Å². The fraction of sp³-hybridized carbons (Fsp3) is 0.455. The zero-order valence-electron chi connectivity index (χ0n) is 27.3. The maximum Gasteiger partial charge on any atom is 0.407 e. The molecule has 0 spiro atoms. The third-order valence-electron chi connectivity index (χ3n) is 6.56. The number of benzene rings is 1. The lowest BCUT2D eigenvalue weighted by molar-refractivity contribution is 0.0166. The van der Waals surface area contributed by atoms with Crippen LogP contribution in [0.2, 0.25) is 0 Å². The van der Waals surface area contributed by atoms with E-state index in [9.17, 15) is 14.7 Å². The van der Waals surface area contributed by atoms with E-state index in [0.717, 1.165) is 27.8 Å². The quantitative estimate of drug-likeness (QED) is 0.0720. The molecule has 0 saturated carbocycles. The summed E-state index contributed by atoms with van der Waals surface area (Å²) < 4.78 is 21.5. The standard InChI is InChI=1S/C33H43N7O7/c1-5-26-27(21-37-29(22-38-32(43)47-33(2,3)4)30(26)23-6-9-25(41)10-7-23)24-8-11-28(36-20-24)31(42)35-12-14-44-16-18-46-19-17-45-15-13-39-40-34/h6-11,20-21,41H,5,12-19,22H2,1-4H3,(H,35,42)(H,38,43). The van der Waals surface area contributed by atoms with Gasteiger partial charge in [0.25, 0.3) is 5.91 Å². The Morgan fingerprint density at radius 1 is 0.894 bits per heavy atom. The van der Waals surface area contributed by atoms with Gasteiger partial charge in [-0.05, 0) is 62.0 Å². The molecule has 0 fully saturated rings. The number of carbonyl (C=O) groups excluding carboxylic acids is 2. The molecule has 0 radical (unpaired) electrons. The van der Waals surface area contributed by atoms with E-state index in [4.69, 9.17) is 29.5 Å². The highest BCUT2D eigenvalue weighted by atomic mass is 16.6. The molecule has 3 rings (SSSR count). The van der Waals surface area contributed by atoms with E-state index < -0.39 is 11.7 Å². The van der Waals surface area contributed by atoms with Gasteiger partial charge >= 0.3 is 6.09 Å². The number of hydrogen-bond acceptors (Lipinski definition) is 10. The molecule has 14 heteroatoms. The van der Waals surface area contributed by atoms with E-state index in [0.29, 0.717) is 58.3 Å². The highest BCUT2D eigenvalue weighted by Crippen LogP contribution is 2.35. The van der Waals surface area contributed by atoms with E-state index in [1.54, 1.807) is 51.4 Å². The first-order valence-corrected chi connectivity index (χ1v) is 15.4. The minimum atomic E-state index is -0.636. The highest BCUT2D eigenvalue weighted by Gasteiger charge is 2.20. The highest BCUT2D eigenvalue weighted by molar-refractivity contribution is 5.92. The van der Waals surface area contributed by atoms with E-state index in [1.165, 1.54) is 0 Å². The zero-order valence-corrected chi connectivity index (χ0v) is 27.3. The lowest BCUT2D eigenvalue weighted by Gasteiger charge is -2.21. The molecule has 3 N–H and O–H groups in total. The summed E-state index contributed by atoms with van der Waals surface area (Å²) in [5.41, 5.74) is 12.7. The van der Waals surface area contributed by atoms with Crippen LogP contribution in [0.15, 0.2) is 53.9 Å². The number of phenolic OH excluding ortho intramolecular Hbond substituents is 1. The summed E-state index contributed by atoms with van der Waals surface area (Å²) in [7, 11) is 0. The molecule has 1 aromatic carbocycles. The predicted octanol–water partition coefficient (Wildman–Crippen LogP) is 5.19. The molecule has 252 valence electrons. The summed E-state index contributed by atoms with van der Waals surface area (Å²) >= 11 is 0. The van der Waals surface area contributed by atoms with Crippen LogP contribution < -0.4 is 10.6 Å². The topological polar surface area (TPSA) is 190 Å². The first-order chi connectivity index (χ1) is 22.6. The summed E-state index contributed by atoms with van der Waals surface area (Å²) in [5, 5.41) is 18.9. The molecule has 0 aliphatic carbocycles. The number of amides is 2. The van der Waals surface area contributed by atoms with Gasteiger partial charge in [-0.2, -0.15) is 0 Å². The second-order valence-corrected chi connectivity index (χ2v) is 11.2. The average Bonchev–Trinajstić information content (AvgIpc) is 3.05. The van der Waals surface area contributed by atoms with Crippen molar-refractivity contribution in [3.05, 3.63) is 76.2 Å². The summed E-state index contributed by atoms with van der Waals surface area (Å²) in [4.78, 5) is 36.8. The van der Waals surface area contributed by atoms with Gasteiger partial charge < -0.3 is 34.7 Å². The monoisotopic (exact) mass is 649 g/mol. The van der Waals surface area contributed by atoms with Gasteiger partial charge in [-0.1, -0.05) is 30.2 Å². The first kappa shape index (κ1) is 36.7. The van der Waals surface area contributed by atoms with Crippen molar-refractivity contribution < 1.29 is 33.6 Å². The van der Waals surface area contributed by atoms with Gasteiger partial charge in [0.2, 0.25) is 0 Å². The number of hydrogen-bond donors (Lipinski definition) is 3. The molecule has 2 heterocycles. The van der Waals surface area contributed by atoms with Crippen LogP contribution in [0.3, 0.4) is 0 Å². The number of pyridine rings is 2. The number of rotatable bonds is 18. The van der Waals surface area contributed by atoms with Crippen molar-refractivity contribution in [2.45, 2.75) is 46.3 Å². The van der Waals surface area contributed by atoms with E-state index in [1.807, 2.05) is 25.1 Å². The number of aromatic hydroxyl groups is 1. The summed E-state index contributed by atoms with van der Waals surface area (Å²) in [6.45, 7) is 10.4. The summed E-state index contributed by atoms with van der Waals surface area (Å²) in [5.74, 6) is -0.183. The smallest absolute Gasteiger partial charge is 0.407 e. The van der Waals surface area contributed by atoms with Crippen LogP contribution in [-0.4, -0.2) is 85.4 Å². The molecule has 47 heavy (non-hydrogen) atoms. The first-order valence-electron chi connectivity index (χ1n) is 15.4. The lowest BCUT2D eigenvalue weighted by Crippen LogP contribution is -2.32. The van der Waals surface area contributed by atoms with Gasteiger partial charge in [-0.3, -0.25) is 14.8 Å². The number of carbonyl (C=O) groups is 2. The number of nitrogens with one attached hydrogen (secondary N) is 2. The van der Waals surface area contributed by atoms with Crippen LogP contribution in [0, 0.1) is 0 Å².